The van der Waals surface area contributed by atoms with Crippen LogP contribution < -0.4 is 5.32 Å². The van der Waals surface area contributed by atoms with Crippen molar-refractivity contribution in [1.82, 2.24) is 14.9 Å². The highest BCUT2D eigenvalue weighted by Crippen LogP contribution is 1.96. The van der Waals surface area contributed by atoms with E-state index < -0.39 is 0 Å². The zero-order chi connectivity index (χ0) is 9.52. The van der Waals surface area contributed by atoms with Crippen molar-refractivity contribution >= 4 is 11.5 Å². The largest absolute Gasteiger partial charge is 0.380 e. The monoisotopic (exact) mass is 201 g/mol. The average molecular weight is 201 g/mol. The predicted octanol–water partition coefficient (Wildman–Crippen LogP) is 1.05. The predicted molar refractivity (Wildman–Crippen MR) is 52.7 cm³/mol. The molecule has 1 heterocycles. The number of ether oxygens (including phenoxy) is 1. The first kappa shape index (κ1) is 10.6. The number of hydrogen-bond acceptors (Lipinski definition) is 5. The lowest BCUT2D eigenvalue weighted by Crippen LogP contribution is -2.30. The summed E-state index contributed by atoms with van der Waals surface area (Å²) in [6.07, 6.45) is 0. The van der Waals surface area contributed by atoms with Crippen LogP contribution in [0, 0.1) is 0 Å². The SMILES string of the molecule is CCOCC(C)NCc1csnn1. The van der Waals surface area contributed by atoms with E-state index in [4.69, 9.17) is 4.74 Å². The first-order valence-electron chi connectivity index (χ1n) is 4.40. The van der Waals surface area contributed by atoms with Crippen molar-refractivity contribution in [3.63, 3.8) is 0 Å². The van der Waals surface area contributed by atoms with Crippen molar-refractivity contribution in [3.05, 3.63) is 11.1 Å². The average Bonchev–Trinajstić information content (AvgIpc) is 2.64. The molecule has 1 rings (SSSR count). The first-order chi connectivity index (χ1) is 6.33. The van der Waals surface area contributed by atoms with E-state index in [-0.39, 0.29) is 0 Å². The van der Waals surface area contributed by atoms with E-state index in [9.17, 15) is 0 Å². The topological polar surface area (TPSA) is 47.0 Å². The summed E-state index contributed by atoms with van der Waals surface area (Å²) in [5, 5.41) is 9.18. The summed E-state index contributed by atoms with van der Waals surface area (Å²) in [5.74, 6) is 0. The summed E-state index contributed by atoms with van der Waals surface area (Å²) in [6, 6.07) is 0.363. The van der Waals surface area contributed by atoms with Gasteiger partial charge < -0.3 is 10.1 Å². The van der Waals surface area contributed by atoms with Crippen molar-refractivity contribution in [1.29, 1.82) is 0 Å². The third-order valence-corrected chi connectivity index (χ3v) is 2.16. The number of hydrogen-bond donors (Lipinski definition) is 1. The van der Waals surface area contributed by atoms with Crippen LogP contribution in [0.25, 0.3) is 0 Å². The van der Waals surface area contributed by atoms with Crippen LogP contribution in [0.2, 0.25) is 0 Å². The maximum atomic E-state index is 5.27. The zero-order valence-corrected chi connectivity index (χ0v) is 8.80. The molecule has 0 radical (unpaired) electrons. The van der Waals surface area contributed by atoms with Crippen molar-refractivity contribution < 1.29 is 4.74 Å². The van der Waals surface area contributed by atoms with Crippen LogP contribution >= 0.6 is 11.5 Å². The van der Waals surface area contributed by atoms with Crippen LogP contribution in [0.5, 0.6) is 0 Å². The quantitative estimate of drug-likeness (QED) is 0.747. The molecule has 0 fully saturated rings. The lowest BCUT2D eigenvalue weighted by molar-refractivity contribution is 0.127. The van der Waals surface area contributed by atoms with E-state index in [1.165, 1.54) is 11.5 Å². The molecular formula is C8H15N3OS. The Bertz CT molecular complexity index is 215. The minimum atomic E-state index is 0.363. The Hall–Kier alpha value is -0.520. The normalized spacial score (nSPS) is 13.1. The molecule has 0 amide bonds. The second kappa shape index (κ2) is 6.01. The fourth-order valence-corrected chi connectivity index (χ4v) is 1.34. The van der Waals surface area contributed by atoms with Gasteiger partial charge in [0.1, 0.15) is 0 Å². The zero-order valence-electron chi connectivity index (χ0n) is 7.99. The van der Waals surface area contributed by atoms with Crippen molar-refractivity contribution in [2.75, 3.05) is 13.2 Å². The van der Waals surface area contributed by atoms with Gasteiger partial charge in [0, 0.05) is 24.6 Å². The van der Waals surface area contributed by atoms with E-state index >= 15 is 0 Å². The molecule has 0 saturated carbocycles. The third-order valence-electron chi connectivity index (χ3n) is 1.61. The Labute approximate surface area is 82.5 Å². The number of aromatic nitrogens is 2. The fraction of sp³-hybridized carbons (Fsp3) is 0.750. The van der Waals surface area contributed by atoms with Crippen LogP contribution in [0.15, 0.2) is 5.38 Å². The smallest absolute Gasteiger partial charge is 0.0893 e. The van der Waals surface area contributed by atoms with Crippen molar-refractivity contribution in [2.24, 2.45) is 0 Å². The minimum Gasteiger partial charge on any atom is -0.380 e. The molecule has 0 saturated heterocycles. The molecule has 74 valence electrons. The molecular weight excluding hydrogens is 186 g/mol. The van der Waals surface area contributed by atoms with Gasteiger partial charge in [0.2, 0.25) is 0 Å². The minimum absolute atomic E-state index is 0.363. The Kier molecular flexibility index (Phi) is 4.88. The molecule has 0 aromatic carbocycles. The van der Waals surface area contributed by atoms with Gasteiger partial charge in [0.15, 0.2) is 0 Å². The van der Waals surface area contributed by atoms with Crippen LogP contribution in [-0.2, 0) is 11.3 Å². The number of nitrogens with one attached hydrogen (secondary N) is 1. The lowest BCUT2D eigenvalue weighted by atomic mass is 10.3. The van der Waals surface area contributed by atoms with Gasteiger partial charge in [0.25, 0.3) is 0 Å². The molecule has 1 unspecified atom stereocenters. The first-order valence-corrected chi connectivity index (χ1v) is 5.23. The van der Waals surface area contributed by atoms with Gasteiger partial charge in [-0.2, -0.15) is 0 Å². The van der Waals surface area contributed by atoms with E-state index in [0.29, 0.717) is 6.04 Å². The number of nitrogens with zero attached hydrogens (tertiary/aromatic N) is 2. The van der Waals surface area contributed by atoms with Gasteiger partial charge in [-0.3, -0.25) is 0 Å². The summed E-state index contributed by atoms with van der Waals surface area (Å²) in [7, 11) is 0. The molecule has 5 heteroatoms. The van der Waals surface area contributed by atoms with E-state index in [2.05, 4.69) is 21.8 Å². The Morgan fingerprint density at radius 3 is 3.15 bits per heavy atom. The number of rotatable bonds is 6. The lowest BCUT2D eigenvalue weighted by Gasteiger charge is -2.11. The van der Waals surface area contributed by atoms with Gasteiger partial charge in [-0.25, -0.2) is 0 Å². The highest BCUT2D eigenvalue weighted by Gasteiger charge is 2.01. The summed E-state index contributed by atoms with van der Waals surface area (Å²) in [6.45, 7) is 6.37. The second-order valence-electron chi connectivity index (χ2n) is 2.84. The molecule has 0 aliphatic carbocycles. The Morgan fingerprint density at radius 1 is 1.69 bits per heavy atom. The molecule has 13 heavy (non-hydrogen) atoms. The van der Waals surface area contributed by atoms with Gasteiger partial charge in [-0.15, -0.1) is 5.10 Å². The van der Waals surface area contributed by atoms with Gasteiger partial charge in [0.05, 0.1) is 12.3 Å². The van der Waals surface area contributed by atoms with Gasteiger partial charge >= 0.3 is 0 Å². The maximum absolute atomic E-state index is 5.27. The molecule has 0 aliphatic rings. The Morgan fingerprint density at radius 2 is 2.54 bits per heavy atom. The molecule has 1 aromatic heterocycles. The fourth-order valence-electron chi connectivity index (χ4n) is 0.893. The highest BCUT2D eigenvalue weighted by molar-refractivity contribution is 7.03. The standard InChI is InChI=1S/C8H15N3OS/c1-3-12-5-7(2)9-4-8-6-13-11-10-8/h6-7,9H,3-5H2,1-2H3. The van der Waals surface area contributed by atoms with Crippen molar-refractivity contribution in [3.8, 4) is 0 Å². The van der Waals surface area contributed by atoms with Crippen molar-refractivity contribution in [2.45, 2.75) is 26.4 Å². The Balaban J connectivity index is 2.11. The van der Waals surface area contributed by atoms with Crippen LogP contribution in [0.4, 0.5) is 0 Å². The van der Waals surface area contributed by atoms with E-state index in [1.54, 1.807) is 0 Å². The third kappa shape index (κ3) is 4.31. The molecule has 0 bridgehead atoms. The van der Waals surface area contributed by atoms with Gasteiger partial charge in [-0.1, -0.05) is 4.49 Å². The molecule has 4 nitrogen and oxygen atoms in total. The summed E-state index contributed by atoms with van der Waals surface area (Å²) >= 11 is 1.38. The van der Waals surface area contributed by atoms with Crippen LogP contribution in [0.1, 0.15) is 19.5 Å². The molecule has 1 atom stereocenters. The van der Waals surface area contributed by atoms with Gasteiger partial charge in [-0.05, 0) is 25.4 Å². The second-order valence-corrected chi connectivity index (χ2v) is 3.45. The summed E-state index contributed by atoms with van der Waals surface area (Å²) in [5.41, 5.74) is 0.994. The highest BCUT2D eigenvalue weighted by atomic mass is 32.1. The molecule has 0 spiro atoms. The van der Waals surface area contributed by atoms with E-state index in [0.717, 1.165) is 25.5 Å². The van der Waals surface area contributed by atoms with Crippen LogP contribution in [0.3, 0.4) is 0 Å². The summed E-state index contributed by atoms with van der Waals surface area (Å²) in [4.78, 5) is 0. The molecule has 1 N–H and O–H groups in total. The molecule has 1 aromatic rings. The van der Waals surface area contributed by atoms with Crippen LogP contribution in [-0.4, -0.2) is 28.8 Å². The maximum Gasteiger partial charge on any atom is 0.0893 e. The van der Waals surface area contributed by atoms with E-state index in [1.807, 2.05) is 12.3 Å². The molecule has 0 aliphatic heterocycles. The summed E-state index contributed by atoms with van der Waals surface area (Å²) < 4.78 is 9.05.